The van der Waals surface area contributed by atoms with Crippen LogP contribution in [0.25, 0.3) is 0 Å². The number of aromatic nitrogens is 1. The van der Waals surface area contributed by atoms with Crippen LogP contribution >= 0.6 is 11.6 Å². The highest BCUT2D eigenvalue weighted by Crippen LogP contribution is 2.29. The highest BCUT2D eigenvalue weighted by Gasteiger charge is 2.20. The molecule has 1 N–H and O–H groups in total. The molecule has 0 aliphatic heterocycles. The van der Waals surface area contributed by atoms with Gasteiger partial charge in [0.05, 0.1) is 18.5 Å². The van der Waals surface area contributed by atoms with E-state index in [0.29, 0.717) is 11.1 Å². The van der Waals surface area contributed by atoms with Crippen LogP contribution in [0.15, 0.2) is 35.2 Å². The SMILES string of the molecule is CNC(c1ccncc1F)c1ccoc1Cl. The Kier molecular flexibility index (Phi) is 3.22. The first kappa shape index (κ1) is 11.1. The first-order valence-electron chi connectivity index (χ1n) is 4.73. The molecule has 0 aliphatic rings. The fourth-order valence-corrected chi connectivity index (χ4v) is 1.83. The van der Waals surface area contributed by atoms with Crippen LogP contribution in [-0.4, -0.2) is 12.0 Å². The Morgan fingerprint density at radius 3 is 2.81 bits per heavy atom. The lowest BCUT2D eigenvalue weighted by molar-refractivity contribution is 0.548. The molecule has 0 spiro atoms. The Balaban J connectivity index is 2.45. The molecule has 0 amide bonds. The first-order chi connectivity index (χ1) is 7.74. The molecule has 1 unspecified atom stereocenters. The predicted octanol–water partition coefficient (Wildman–Crippen LogP) is 2.78. The van der Waals surface area contributed by atoms with Gasteiger partial charge in [-0.3, -0.25) is 4.98 Å². The summed E-state index contributed by atoms with van der Waals surface area (Å²) in [6.45, 7) is 0. The lowest BCUT2D eigenvalue weighted by Crippen LogP contribution is -2.18. The standard InChI is InChI=1S/C11H10ClFN2O/c1-14-10(8-3-5-16-11(8)12)7-2-4-15-6-9(7)13/h2-6,10,14H,1H3. The van der Waals surface area contributed by atoms with E-state index in [2.05, 4.69) is 10.3 Å². The summed E-state index contributed by atoms with van der Waals surface area (Å²) < 4.78 is 18.6. The number of hydrogen-bond acceptors (Lipinski definition) is 3. The van der Waals surface area contributed by atoms with Crippen molar-refractivity contribution in [2.24, 2.45) is 0 Å². The van der Waals surface area contributed by atoms with Crippen LogP contribution < -0.4 is 5.32 Å². The zero-order valence-corrected chi connectivity index (χ0v) is 9.33. The maximum atomic E-state index is 13.6. The molecule has 0 fully saturated rings. The van der Waals surface area contributed by atoms with E-state index in [0.717, 1.165) is 0 Å². The van der Waals surface area contributed by atoms with Gasteiger partial charge in [-0.15, -0.1) is 0 Å². The summed E-state index contributed by atoms with van der Waals surface area (Å²) in [6.07, 6.45) is 4.19. The smallest absolute Gasteiger partial charge is 0.198 e. The van der Waals surface area contributed by atoms with Crippen molar-refractivity contribution in [3.05, 3.63) is 53.0 Å². The molecule has 2 heterocycles. The van der Waals surface area contributed by atoms with Crippen LogP contribution in [0.1, 0.15) is 17.2 Å². The number of nitrogens with zero attached hydrogens (tertiary/aromatic N) is 1. The molecule has 1 atom stereocenters. The second kappa shape index (κ2) is 4.63. The molecule has 0 aromatic carbocycles. The van der Waals surface area contributed by atoms with Gasteiger partial charge in [0, 0.05) is 17.3 Å². The van der Waals surface area contributed by atoms with Gasteiger partial charge in [0.25, 0.3) is 0 Å². The van der Waals surface area contributed by atoms with Crippen LogP contribution in [0.5, 0.6) is 0 Å². The molecule has 0 bridgehead atoms. The number of furan rings is 1. The Hall–Kier alpha value is -1.39. The molecule has 2 rings (SSSR count). The van der Waals surface area contributed by atoms with Crippen molar-refractivity contribution in [1.29, 1.82) is 0 Å². The average Bonchev–Trinajstić information content (AvgIpc) is 2.69. The lowest BCUT2D eigenvalue weighted by Gasteiger charge is -2.15. The predicted molar refractivity (Wildman–Crippen MR) is 58.8 cm³/mol. The quantitative estimate of drug-likeness (QED) is 0.897. The average molecular weight is 241 g/mol. The van der Waals surface area contributed by atoms with E-state index in [-0.39, 0.29) is 17.1 Å². The summed E-state index contributed by atoms with van der Waals surface area (Å²) in [7, 11) is 1.73. The van der Waals surface area contributed by atoms with E-state index >= 15 is 0 Å². The number of rotatable bonds is 3. The van der Waals surface area contributed by atoms with Crippen molar-refractivity contribution >= 4 is 11.6 Å². The first-order valence-corrected chi connectivity index (χ1v) is 5.11. The van der Waals surface area contributed by atoms with Gasteiger partial charge in [-0.25, -0.2) is 4.39 Å². The second-order valence-electron chi connectivity index (χ2n) is 3.27. The maximum absolute atomic E-state index is 13.6. The minimum atomic E-state index is -0.376. The third-order valence-electron chi connectivity index (χ3n) is 2.36. The number of halogens is 2. The summed E-state index contributed by atoms with van der Waals surface area (Å²) >= 11 is 5.87. The Bertz CT molecular complexity index is 486. The molecule has 5 heteroatoms. The van der Waals surface area contributed by atoms with Crippen molar-refractivity contribution in [1.82, 2.24) is 10.3 Å². The molecule has 2 aromatic rings. The van der Waals surface area contributed by atoms with E-state index in [9.17, 15) is 4.39 Å². The van der Waals surface area contributed by atoms with Crippen molar-refractivity contribution in [2.45, 2.75) is 6.04 Å². The molecule has 0 radical (unpaired) electrons. The highest BCUT2D eigenvalue weighted by atomic mass is 35.5. The van der Waals surface area contributed by atoms with Crippen molar-refractivity contribution in [2.75, 3.05) is 7.05 Å². The molecule has 2 aromatic heterocycles. The molecular formula is C11H10ClFN2O. The van der Waals surface area contributed by atoms with Crippen LogP contribution in [-0.2, 0) is 0 Å². The molecule has 84 valence electrons. The summed E-state index contributed by atoms with van der Waals surface area (Å²) in [5, 5.41) is 3.25. The van der Waals surface area contributed by atoms with E-state index in [4.69, 9.17) is 16.0 Å². The minimum absolute atomic E-state index is 0.260. The molecule has 3 nitrogen and oxygen atoms in total. The number of hydrogen-bond donors (Lipinski definition) is 1. The molecule has 0 saturated carbocycles. The van der Waals surface area contributed by atoms with Crippen LogP contribution in [0.3, 0.4) is 0 Å². The topological polar surface area (TPSA) is 38.1 Å². The summed E-state index contributed by atoms with van der Waals surface area (Å²) in [5.41, 5.74) is 1.19. The van der Waals surface area contributed by atoms with Crippen molar-refractivity contribution < 1.29 is 8.81 Å². The zero-order chi connectivity index (χ0) is 11.5. The third-order valence-corrected chi connectivity index (χ3v) is 2.67. The second-order valence-corrected chi connectivity index (χ2v) is 3.61. The molecule has 0 saturated heterocycles. The Morgan fingerprint density at radius 1 is 1.44 bits per heavy atom. The van der Waals surface area contributed by atoms with Crippen LogP contribution in [0.2, 0.25) is 5.22 Å². The molecule has 0 aliphatic carbocycles. The van der Waals surface area contributed by atoms with Crippen LogP contribution in [0.4, 0.5) is 4.39 Å². The molecular weight excluding hydrogens is 231 g/mol. The van der Waals surface area contributed by atoms with Gasteiger partial charge in [0.1, 0.15) is 5.82 Å². The van der Waals surface area contributed by atoms with Crippen molar-refractivity contribution in [3.8, 4) is 0 Å². The molecule has 16 heavy (non-hydrogen) atoms. The largest absolute Gasteiger partial charge is 0.453 e. The van der Waals surface area contributed by atoms with E-state index in [1.165, 1.54) is 18.7 Å². The third kappa shape index (κ3) is 1.94. The summed E-state index contributed by atoms with van der Waals surface area (Å²) in [4.78, 5) is 3.71. The number of pyridine rings is 1. The minimum Gasteiger partial charge on any atom is -0.453 e. The van der Waals surface area contributed by atoms with Gasteiger partial charge in [-0.05, 0) is 30.8 Å². The van der Waals surface area contributed by atoms with E-state index in [1.54, 1.807) is 19.2 Å². The van der Waals surface area contributed by atoms with Gasteiger partial charge in [-0.1, -0.05) is 0 Å². The Labute approximate surface area is 97.3 Å². The monoisotopic (exact) mass is 240 g/mol. The van der Waals surface area contributed by atoms with Gasteiger partial charge in [-0.2, -0.15) is 0 Å². The van der Waals surface area contributed by atoms with E-state index < -0.39 is 0 Å². The van der Waals surface area contributed by atoms with Gasteiger partial charge < -0.3 is 9.73 Å². The number of nitrogens with one attached hydrogen (secondary N) is 1. The Morgan fingerprint density at radius 2 is 2.25 bits per heavy atom. The fourth-order valence-electron chi connectivity index (χ4n) is 1.61. The summed E-state index contributed by atoms with van der Waals surface area (Å²) in [6, 6.07) is 2.98. The normalized spacial score (nSPS) is 12.7. The van der Waals surface area contributed by atoms with Crippen molar-refractivity contribution in [3.63, 3.8) is 0 Å². The highest BCUT2D eigenvalue weighted by molar-refractivity contribution is 6.29. The maximum Gasteiger partial charge on any atom is 0.198 e. The fraction of sp³-hybridized carbons (Fsp3) is 0.182. The van der Waals surface area contributed by atoms with Crippen LogP contribution in [0, 0.1) is 5.82 Å². The summed E-state index contributed by atoms with van der Waals surface area (Å²) in [5.74, 6) is -0.376. The van der Waals surface area contributed by atoms with Gasteiger partial charge >= 0.3 is 0 Å². The van der Waals surface area contributed by atoms with Gasteiger partial charge in [0.2, 0.25) is 0 Å². The van der Waals surface area contributed by atoms with Gasteiger partial charge in [0.15, 0.2) is 5.22 Å². The van der Waals surface area contributed by atoms with E-state index in [1.807, 2.05) is 0 Å². The lowest BCUT2D eigenvalue weighted by atomic mass is 10.0. The zero-order valence-electron chi connectivity index (χ0n) is 8.58.